The van der Waals surface area contributed by atoms with Crippen molar-refractivity contribution in [3.05, 3.63) is 35.7 Å². The second-order valence-corrected chi connectivity index (χ2v) is 6.00. The third kappa shape index (κ3) is 4.07. The van der Waals surface area contributed by atoms with Crippen molar-refractivity contribution in [1.29, 1.82) is 0 Å². The molecule has 1 aliphatic carbocycles. The number of nitrogens with zero attached hydrogens (tertiary/aromatic N) is 1. The number of hydrogen-bond donors (Lipinski definition) is 2. The number of hydrogen-bond acceptors (Lipinski definition) is 4. The average Bonchev–Trinajstić information content (AvgIpc) is 2.92. The van der Waals surface area contributed by atoms with Gasteiger partial charge in [-0.2, -0.15) is 11.8 Å². The average molecular weight is 306 g/mol. The fourth-order valence-electron chi connectivity index (χ4n) is 2.53. The number of carboxylic acids is 1. The summed E-state index contributed by atoms with van der Waals surface area (Å²) in [6.07, 6.45) is 10.7. The molecule has 0 aromatic carbocycles. The number of aliphatic carboxylic acids is 1. The van der Waals surface area contributed by atoms with Gasteiger partial charge in [-0.1, -0.05) is 6.42 Å². The topological polar surface area (TPSA) is 79.3 Å². The molecule has 2 unspecified atom stereocenters. The summed E-state index contributed by atoms with van der Waals surface area (Å²) >= 11 is 1.78. The Labute approximate surface area is 127 Å². The van der Waals surface area contributed by atoms with E-state index < -0.39 is 5.97 Å². The lowest BCUT2D eigenvalue weighted by atomic mass is 10.1. The third-order valence-electron chi connectivity index (χ3n) is 3.57. The summed E-state index contributed by atoms with van der Waals surface area (Å²) in [4.78, 5) is 26.9. The van der Waals surface area contributed by atoms with Crippen molar-refractivity contribution < 1.29 is 14.7 Å². The van der Waals surface area contributed by atoms with Crippen LogP contribution in [0.15, 0.2) is 24.5 Å². The fourth-order valence-corrected chi connectivity index (χ4v) is 3.46. The Morgan fingerprint density at radius 2 is 2.29 bits per heavy atom. The SMILES string of the molecule is CSC1CCCC1NC(=O)c1ccncc1/C=C/C(=O)O. The highest BCUT2D eigenvalue weighted by atomic mass is 32.2. The number of carbonyl (C=O) groups excluding carboxylic acids is 1. The van der Waals surface area contributed by atoms with Gasteiger partial charge in [-0.05, 0) is 31.2 Å². The van der Waals surface area contributed by atoms with E-state index in [1.165, 1.54) is 18.5 Å². The van der Waals surface area contributed by atoms with Gasteiger partial charge in [0.15, 0.2) is 0 Å². The van der Waals surface area contributed by atoms with E-state index in [2.05, 4.69) is 16.6 Å². The number of pyridine rings is 1. The number of aromatic nitrogens is 1. The summed E-state index contributed by atoms with van der Waals surface area (Å²) in [5, 5.41) is 12.2. The first-order valence-electron chi connectivity index (χ1n) is 6.80. The van der Waals surface area contributed by atoms with Crippen LogP contribution in [-0.2, 0) is 4.79 Å². The van der Waals surface area contributed by atoms with Gasteiger partial charge in [-0.3, -0.25) is 9.78 Å². The summed E-state index contributed by atoms with van der Waals surface area (Å²) in [6, 6.07) is 1.79. The summed E-state index contributed by atoms with van der Waals surface area (Å²) in [6.45, 7) is 0. The molecule has 5 nitrogen and oxygen atoms in total. The smallest absolute Gasteiger partial charge is 0.328 e. The van der Waals surface area contributed by atoms with Crippen LogP contribution in [0.5, 0.6) is 0 Å². The van der Waals surface area contributed by atoms with E-state index >= 15 is 0 Å². The second kappa shape index (κ2) is 7.26. The first kappa shape index (κ1) is 15.6. The Bertz CT molecular complexity index is 560. The molecule has 0 aliphatic heterocycles. The zero-order valence-corrected chi connectivity index (χ0v) is 12.6. The van der Waals surface area contributed by atoms with Gasteiger partial charge in [0, 0.05) is 40.9 Å². The van der Waals surface area contributed by atoms with Gasteiger partial charge in [0.05, 0.1) is 0 Å². The number of carboxylic acid groups (broad SMARTS) is 1. The van der Waals surface area contributed by atoms with E-state index in [0.717, 1.165) is 25.3 Å². The number of rotatable bonds is 5. The Balaban J connectivity index is 2.14. The van der Waals surface area contributed by atoms with Crippen LogP contribution in [-0.4, -0.2) is 39.5 Å². The Hall–Kier alpha value is -1.82. The molecule has 1 aromatic heterocycles. The molecule has 1 amide bonds. The maximum Gasteiger partial charge on any atom is 0.328 e. The molecule has 0 radical (unpaired) electrons. The number of carbonyl (C=O) groups is 2. The van der Waals surface area contributed by atoms with Crippen molar-refractivity contribution in [3.63, 3.8) is 0 Å². The zero-order valence-electron chi connectivity index (χ0n) is 11.8. The molecule has 1 saturated carbocycles. The molecule has 2 atom stereocenters. The van der Waals surface area contributed by atoms with E-state index in [9.17, 15) is 9.59 Å². The first-order chi connectivity index (χ1) is 10.1. The van der Waals surface area contributed by atoms with Crippen LogP contribution in [0.2, 0.25) is 0 Å². The van der Waals surface area contributed by atoms with E-state index in [-0.39, 0.29) is 11.9 Å². The Morgan fingerprint density at radius 1 is 1.48 bits per heavy atom. The molecule has 112 valence electrons. The van der Waals surface area contributed by atoms with Crippen molar-refractivity contribution in [1.82, 2.24) is 10.3 Å². The largest absolute Gasteiger partial charge is 0.478 e. The van der Waals surface area contributed by atoms with Crippen molar-refractivity contribution >= 4 is 29.7 Å². The first-order valence-corrected chi connectivity index (χ1v) is 8.09. The molecule has 6 heteroatoms. The minimum Gasteiger partial charge on any atom is -0.478 e. The van der Waals surface area contributed by atoms with Gasteiger partial charge in [-0.15, -0.1) is 0 Å². The molecule has 0 bridgehead atoms. The van der Waals surface area contributed by atoms with Crippen molar-refractivity contribution in [2.75, 3.05) is 6.26 Å². The summed E-state index contributed by atoms with van der Waals surface area (Å²) in [7, 11) is 0. The molecular formula is C15H18N2O3S. The van der Waals surface area contributed by atoms with Crippen molar-refractivity contribution in [2.45, 2.75) is 30.6 Å². The van der Waals surface area contributed by atoms with Crippen LogP contribution in [0, 0.1) is 0 Å². The molecule has 1 aromatic rings. The van der Waals surface area contributed by atoms with Crippen LogP contribution in [0.25, 0.3) is 6.08 Å². The maximum atomic E-state index is 12.4. The lowest BCUT2D eigenvalue weighted by Crippen LogP contribution is -2.38. The molecular weight excluding hydrogens is 288 g/mol. The monoisotopic (exact) mass is 306 g/mol. The molecule has 1 fully saturated rings. The zero-order chi connectivity index (χ0) is 15.2. The highest BCUT2D eigenvalue weighted by molar-refractivity contribution is 7.99. The van der Waals surface area contributed by atoms with Crippen molar-refractivity contribution in [2.24, 2.45) is 0 Å². The lowest BCUT2D eigenvalue weighted by molar-refractivity contribution is -0.131. The normalized spacial score (nSPS) is 21.6. The van der Waals surface area contributed by atoms with E-state index in [1.807, 2.05) is 0 Å². The molecule has 1 heterocycles. The summed E-state index contributed by atoms with van der Waals surface area (Å²) in [5.41, 5.74) is 0.963. The van der Waals surface area contributed by atoms with E-state index in [0.29, 0.717) is 16.4 Å². The van der Waals surface area contributed by atoms with E-state index in [4.69, 9.17) is 5.11 Å². The lowest BCUT2D eigenvalue weighted by Gasteiger charge is -2.19. The number of nitrogens with one attached hydrogen (secondary N) is 1. The van der Waals surface area contributed by atoms with Gasteiger partial charge in [-0.25, -0.2) is 4.79 Å². The predicted octanol–water partition coefficient (Wildman–Crippen LogP) is 2.19. The Morgan fingerprint density at radius 3 is 3.00 bits per heavy atom. The van der Waals surface area contributed by atoms with Crippen LogP contribution in [0.4, 0.5) is 0 Å². The van der Waals surface area contributed by atoms with Crippen LogP contribution in [0.1, 0.15) is 35.2 Å². The predicted molar refractivity (Wildman–Crippen MR) is 83.3 cm³/mol. The number of thioether (sulfide) groups is 1. The molecule has 1 aliphatic rings. The van der Waals surface area contributed by atoms with Gasteiger partial charge in [0.2, 0.25) is 0 Å². The third-order valence-corrected chi connectivity index (χ3v) is 4.74. The van der Waals surface area contributed by atoms with Crippen LogP contribution >= 0.6 is 11.8 Å². The highest BCUT2D eigenvalue weighted by Crippen LogP contribution is 2.28. The van der Waals surface area contributed by atoms with Crippen molar-refractivity contribution in [3.8, 4) is 0 Å². The standard InChI is InChI=1S/C15H18N2O3S/c1-21-13-4-2-3-12(13)17-15(20)11-7-8-16-9-10(11)5-6-14(18)19/h5-9,12-13H,2-4H2,1H3,(H,17,20)(H,18,19)/b6-5+. The summed E-state index contributed by atoms with van der Waals surface area (Å²) < 4.78 is 0. The van der Waals surface area contributed by atoms with Gasteiger partial charge < -0.3 is 10.4 Å². The fraction of sp³-hybridized carbons (Fsp3) is 0.400. The highest BCUT2D eigenvalue weighted by Gasteiger charge is 2.28. The molecule has 21 heavy (non-hydrogen) atoms. The van der Waals surface area contributed by atoms with Gasteiger partial charge in [0.25, 0.3) is 5.91 Å². The minimum atomic E-state index is -1.05. The second-order valence-electron chi connectivity index (χ2n) is 4.92. The minimum absolute atomic E-state index is 0.173. The maximum absolute atomic E-state index is 12.4. The quantitative estimate of drug-likeness (QED) is 0.815. The molecule has 2 N–H and O–H groups in total. The Kier molecular flexibility index (Phi) is 5.38. The van der Waals surface area contributed by atoms with Crippen LogP contribution in [0.3, 0.4) is 0 Å². The molecule has 0 spiro atoms. The number of amides is 1. The van der Waals surface area contributed by atoms with Gasteiger partial charge >= 0.3 is 5.97 Å². The molecule has 2 rings (SSSR count). The summed E-state index contributed by atoms with van der Waals surface area (Å²) in [5.74, 6) is -1.23. The van der Waals surface area contributed by atoms with Gasteiger partial charge in [0.1, 0.15) is 0 Å². The molecule has 0 saturated heterocycles. The van der Waals surface area contributed by atoms with E-state index in [1.54, 1.807) is 17.8 Å². The van der Waals surface area contributed by atoms with Crippen LogP contribution < -0.4 is 5.32 Å².